The van der Waals surface area contributed by atoms with Gasteiger partial charge in [0, 0.05) is 11.5 Å². The quantitative estimate of drug-likeness (QED) is 0.712. The van der Waals surface area contributed by atoms with E-state index < -0.39 is 0 Å². The van der Waals surface area contributed by atoms with E-state index in [0.29, 0.717) is 11.3 Å². The number of rotatable bonds is 1. The summed E-state index contributed by atoms with van der Waals surface area (Å²) in [4.78, 5) is 0. The van der Waals surface area contributed by atoms with Crippen molar-refractivity contribution in [3.05, 3.63) is 53.3 Å². The molecule has 0 aliphatic carbocycles. The summed E-state index contributed by atoms with van der Waals surface area (Å²) in [5, 5.41) is 9.03. The molecule has 0 amide bonds. The molecule has 1 aromatic rings. The molecule has 0 fully saturated rings. The maximum absolute atomic E-state index is 9.03. The fraction of sp³-hybridized carbons (Fsp3) is 0.214. The molecule has 1 heterocycles. The fourth-order valence-electron chi connectivity index (χ4n) is 1.86. The lowest BCUT2D eigenvalue weighted by Crippen LogP contribution is -2.07. The number of para-hydroxylation sites is 1. The average Bonchev–Trinajstić information content (AvgIpc) is 2.29. The van der Waals surface area contributed by atoms with Crippen molar-refractivity contribution in [2.24, 2.45) is 0 Å². The Morgan fingerprint density at radius 1 is 1.44 bits per heavy atom. The minimum atomic E-state index is 0.281. The van der Waals surface area contributed by atoms with Gasteiger partial charge in [-0.15, -0.1) is 0 Å². The molecule has 1 aromatic carbocycles. The third-order valence-corrected chi connectivity index (χ3v) is 2.62. The Hall–Kier alpha value is -2.01. The molecule has 0 saturated carbocycles. The molecule has 2 heteroatoms. The zero-order chi connectivity index (χ0) is 11.5. The molecule has 0 spiro atoms. The van der Waals surface area contributed by atoms with Crippen LogP contribution < -0.4 is 4.74 Å². The topological polar surface area (TPSA) is 33.0 Å². The zero-order valence-electron chi connectivity index (χ0n) is 9.40. The molecule has 1 aliphatic rings. The van der Waals surface area contributed by atoms with E-state index in [1.807, 2.05) is 31.2 Å². The Kier molecular flexibility index (Phi) is 2.78. The molecule has 2 rings (SSSR count). The summed E-state index contributed by atoms with van der Waals surface area (Å²) in [5.41, 5.74) is 1.67. The summed E-state index contributed by atoms with van der Waals surface area (Å²) in [7, 11) is 0. The van der Waals surface area contributed by atoms with E-state index in [0.717, 1.165) is 11.3 Å². The lowest BCUT2D eigenvalue weighted by Gasteiger charge is -2.21. The standard InChI is InChI=1S/C14H13NO/c1-3-5-12-8-10(2)13-7-4-6-11(9-15)14(13)16-12/h3-8,10H,1-2H3/b5-3-. The van der Waals surface area contributed by atoms with E-state index in [1.165, 1.54) is 0 Å². The molecule has 0 radical (unpaired) electrons. The molecule has 0 aromatic heterocycles. The number of nitrogens with zero attached hydrogens (tertiary/aromatic N) is 1. The van der Waals surface area contributed by atoms with Crippen LogP contribution in [0.15, 0.2) is 42.2 Å². The maximum atomic E-state index is 9.03. The third-order valence-electron chi connectivity index (χ3n) is 2.62. The number of fused-ring (bicyclic) bond motifs is 1. The SMILES string of the molecule is C/C=C\C1=CC(C)c2cccc(C#N)c2O1. The van der Waals surface area contributed by atoms with Crippen molar-refractivity contribution in [3.63, 3.8) is 0 Å². The normalized spacial score (nSPS) is 18.6. The van der Waals surface area contributed by atoms with Crippen molar-refractivity contribution in [1.29, 1.82) is 5.26 Å². The van der Waals surface area contributed by atoms with Crippen LogP contribution in [0.3, 0.4) is 0 Å². The first-order valence-electron chi connectivity index (χ1n) is 5.31. The molecule has 1 aliphatic heterocycles. The second kappa shape index (κ2) is 4.24. The van der Waals surface area contributed by atoms with E-state index >= 15 is 0 Å². The van der Waals surface area contributed by atoms with Gasteiger partial charge in [-0.1, -0.05) is 25.1 Å². The minimum Gasteiger partial charge on any atom is -0.456 e. The predicted molar refractivity (Wildman–Crippen MR) is 63.1 cm³/mol. The minimum absolute atomic E-state index is 0.281. The molecule has 0 bridgehead atoms. The number of benzene rings is 1. The van der Waals surface area contributed by atoms with Crippen molar-refractivity contribution in [1.82, 2.24) is 0 Å². The van der Waals surface area contributed by atoms with E-state index in [1.54, 1.807) is 6.07 Å². The molecule has 0 N–H and O–H groups in total. The molecule has 1 unspecified atom stereocenters. The lowest BCUT2D eigenvalue weighted by molar-refractivity contribution is 0.419. The molecule has 1 atom stereocenters. The van der Waals surface area contributed by atoms with Gasteiger partial charge in [0.2, 0.25) is 0 Å². The number of hydrogen-bond acceptors (Lipinski definition) is 2. The van der Waals surface area contributed by atoms with Gasteiger partial charge in [-0.3, -0.25) is 0 Å². The molecule has 16 heavy (non-hydrogen) atoms. The van der Waals surface area contributed by atoms with Crippen molar-refractivity contribution in [3.8, 4) is 11.8 Å². The van der Waals surface area contributed by atoms with E-state index in [2.05, 4.69) is 19.1 Å². The van der Waals surface area contributed by atoms with Crippen LogP contribution in [0.4, 0.5) is 0 Å². The Bertz CT molecular complexity index is 506. The molecule has 0 saturated heterocycles. The monoisotopic (exact) mass is 211 g/mol. The molecular weight excluding hydrogens is 198 g/mol. The Morgan fingerprint density at radius 3 is 2.94 bits per heavy atom. The number of ether oxygens (including phenoxy) is 1. The maximum Gasteiger partial charge on any atom is 0.148 e. The zero-order valence-corrected chi connectivity index (χ0v) is 9.40. The van der Waals surface area contributed by atoms with E-state index in [4.69, 9.17) is 10.00 Å². The largest absolute Gasteiger partial charge is 0.456 e. The van der Waals surface area contributed by atoms with Gasteiger partial charge in [-0.2, -0.15) is 5.26 Å². The first-order valence-corrected chi connectivity index (χ1v) is 5.31. The van der Waals surface area contributed by atoms with Crippen LogP contribution in [0.2, 0.25) is 0 Å². The summed E-state index contributed by atoms with van der Waals surface area (Å²) in [6.45, 7) is 4.05. The predicted octanol–water partition coefficient (Wildman–Crippen LogP) is 3.51. The van der Waals surface area contributed by atoms with Crippen LogP contribution in [0.1, 0.15) is 30.9 Å². The van der Waals surface area contributed by atoms with Gasteiger partial charge in [0.15, 0.2) is 0 Å². The Morgan fingerprint density at radius 2 is 2.25 bits per heavy atom. The van der Waals surface area contributed by atoms with Crippen molar-refractivity contribution < 1.29 is 4.74 Å². The van der Waals surface area contributed by atoms with Crippen LogP contribution in [-0.2, 0) is 0 Å². The average molecular weight is 211 g/mol. The van der Waals surface area contributed by atoms with Crippen LogP contribution in [0, 0.1) is 11.3 Å². The van der Waals surface area contributed by atoms with Gasteiger partial charge in [0.1, 0.15) is 17.6 Å². The summed E-state index contributed by atoms with van der Waals surface area (Å²) in [6, 6.07) is 7.84. The molecule has 2 nitrogen and oxygen atoms in total. The van der Waals surface area contributed by atoms with Crippen LogP contribution in [0.5, 0.6) is 5.75 Å². The van der Waals surface area contributed by atoms with Gasteiger partial charge in [-0.25, -0.2) is 0 Å². The highest BCUT2D eigenvalue weighted by Crippen LogP contribution is 2.36. The molecular formula is C14H13NO. The summed E-state index contributed by atoms with van der Waals surface area (Å²) < 4.78 is 5.72. The van der Waals surface area contributed by atoms with Gasteiger partial charge in [0.25, 0.3) is 0 Å². The third kappa shape index (κ3) is 1.72. The Balaban J connectivity index is 2.50. The van der Waals surface area contributed by atoms with Gasteiger partial charge in [-0.05, 0) is 25.1 Å². The smallest absolute Gasteiger partial charge is 0.148 e. The number of allylic oxidation sites excluding steroid dienone is 3. The summed E-state index contributed by atoms with van der Waals surface area (Å²) >= 11 is 0. The van der Waals surface area contributed by atoms with Crippen LogP contribution >= 0.6 is 0 Å². The second-order valence-corrected chi connectivity index (χ2v) is 3.80. The van der Waals surface area contributed by atoms with Crippen LogP contribution in [-0.4, -0.2) is 0 Å². The summed E-state index contributed by atoms with van der Waals surface area (Å²) in [6.07, 6.45) is 5.90. The Labute approximate surface area is 95.5 Å². The lowest BCUT2D eigenvalue weighted by atomic mass is 9.95. The first kappa shape index (κ1) is 10.5. The van der Waals surface area contributed by atoms with Crippen molar-refractivity contribution >= 4 is 0 Å². The van der Waals surface area contributed by atoms with Crippen molar-refractivity contribution in [2.45, 2.75) is 19.8 Å². The van der Waals surface area contributed by atoms with E-state index in [-0.39, 0.29) is 5.92 Å². The van der Waals surface area contributed by atoms with Crippen LogP contribution in [0.25, 0.3) is 0 Å². The number of hydrogen-bond donors (Lipinski definition) is 0. The fourth-order valence-corrected chi connectivity index (χ4v) is 1.86. The van der Waals surface area contributed by atoms with E-state index in [9.17, 15) is 0 Å². The first-order chi connectivity index (χ1) is 7.76. The summed E-state index contributed by atoms with van der Waals surface area (Å²) in [5.74, 6) is 1.79. The second-order valence-electron chi connectivity index (χ2n) is 3.80. The highest BCUT2D eigenvalue weighted by Gasteiger charge is 2.19. The highest BCUT2D eigenvalue weighted by molar-refractivity contribution is 5.53. The highest BCUT2D eigenvalue weighted by atomic mass is 16.5. The van der Waals surface area contributed by atoms with Gasteiger partial charge >= 0.3 is 0 Å². The van der Waals surface area contributed by atoms with Gasteiger partial charge < -0.3 is 4.74 Å². The molecule has 80 valence electrons. The number of nitriles is 1. The van der Waals surface area contributed by atoms with Gasteiger partial charge in [0.05, 0.1) is 5.56 Å². The van der Waals surface area contributed by atoms with Crippen molar-refractivity contribution in [2.75, 3.05) is 0 Å².